The smallest absolute Gasteiger partial charge is 0.330 e. The van der Waals surface area contributed by atoms with E-state index in [9.17, 15) is 19.8 Å². The molecule has 21 heavy (non-hydrogen) atoms. The summed E-state index contributed by atoms with van der Waals surface area (Å²) in [7, 11) is 2.91. The minimum absolute atomic E-state index is 0.0425. The van der Waals surface area contributed by atoms with Crippen LogP contribution in [0.25, 0.3) is 0 Å². The van der Waals surface area contributed by atoms with Crippen LogP contribution >= 0.6 is 0 Å². The van der Waals surface area contributed by atoms with E-state index in [0.717, 1.165) is 0 Å². The number of nitrogens with one attached hydrogen (secondary N) is 1. The first-order valence-electron chi connectivity index (χ1n) is 6.42. The SMILES string of the molecule is COCC(O)CN(C)C(=O)N[C@H](C(=O)O)c1ccccc1. The van der Waals surface area contributed by atoms with Crippen molar-refractivity contribution in [1.82, 2.24) is 10.2 Å². The summed E-state index contributed by atoms with van der Waals surface area (Å²) in [5.74, 6) is -1.15. The first-order chi connectivity index (χ1) is 9.95. The van der Waals surface area contributed by atoms with Gasteiger partial charge in [0.25, 0.3) is 0 Å². The number of rotatable bonds is 7. The number of carbonyl (C=O) groups is 2. The lowest BCUT2D eigenvalue weighted by Crippen LogP contribution is -2.45. The molecule has 0 aromatic heterocycles. The van der Waals surface area contributed by atoms with Gasteiger partial charge in [0.2, 0.25) is 0 Å². The van der Waals surface area contributed by atoms with Crippen LogP contribution < -0.4 is 5.32 Å². The van der Waals surface area contributed by atoms with Gasteiger partial charge in [0.15, 0.2) is 6.04 Å². The van der Waals surface area contributed by atoms with Gasteiger partial charge in [0, 0.05) is 14.2 Å². The predicted molar refractivity (Wildman–Crippen MR) is 75.9 cm³/mol. The number of ether oxygens (including phenoxy) is 1. The number of hydrogen-bond donors (Lipinski definition) is 3. The fourth-order valence-electron chi connectivity index (χ4n) is 1.81. The Bertz CT molecular complexity index is 466. The summed E-state index contributed by atoms with van der Waals surface area (Å²) >= 11 is 0. The van der Waals surface area contributed by atoms with Gasteiger partial charge in [0.1, 0.15) is 0 Å². The van der Waals surface area contributed by atoms with Crippen molar-refractivity contribution in [3.63, 3.8) is 0 Å². The molecular formula is C14H20N2O5. The van der Waals surface area contributed by atoms with Crippen molar-refractivity contribution >= 4 is 12.0 Å². The summed E-state index contributed by atoms with van der Waals surface area (Å²) in [6, 6.07) is 6.68. The Labute approximate surface area is 123 Å². The van der Waals surface area contributed by atoms with E-state index in [0.29, 0.717) is 5.56 Å². The lowest BCUT2D eigenvalue weighted by atomic mass is 10.1. The van der Waals surface area contributed by atoms with Crippen molar-refractivity contribution in [2.45, 2.75) is 12.1 Å². The Morgan fingerprint density at radius 1 is 1.33 bits per heavy atom. The van der Waals surface area contributed by atoms with Crippen LogP contribution in [-0.2, 0) is 9.53 Å². The molecule has 0 aliphatic heterocycles. The largest absolute Gasteiger partial charge is 0.479 e. The Hall–Kier alpha value is -2.12. The molecule has 7 heteroatoms. The summed E-state index contributed by atoms with van der Waals surface area (Å²) in [6.07, 6.45) is -0.828. The summed E-state index contributed by atoms with van der Waals surface area (Å²) in [6.45, 7) is 0.138. The number of amides is 2. The number of methoxy groups -OCH3 is 1. The Balaban J connectivity index is 2.67. The number of carbonyl (C=O) groups excluding carboxylic acids is 1. The number of hydrogen-bond acceptors (Lipinski definition) is 4. The lowest BCUT2D eigenvalue weighted by molar-refractivity contribution is -0.139. The molecule has 0 saturated heterocycles. The molecule has 2 amide bonds. The molecule has 0 heterocycles. The van der Waals surface area contributed by atoms with Crippen LogP contribution in [0.1, 0.15) is 11.6 Å². The molecule has 1 aromatic carbocycles. The zero-order chi connectivity index (χ0) is 15.8. The molecule has 3 N–H and O–H groups in total. The normalized spacial score (nSPS) is 13.3. The van der Waals surface area contributed by atoms with Crippen LogP contribution in [0.15, 0.2) is 30.3 Å². The van der Waals surface area contributed by atoms with E-state index in [1.165, 1.54) is 19.1 Å². The van der Waals surface area contributed by atoms with Crippen molar-refractivity contribution in [3.8, 4) is 0 Å². The van der Waals surface area contributed by atoms with E-state index in [4.69, 9.17) is 4.74 Å². The summed E-state index contributed by atoms with van der Waals surface area (Å²) in [5.41, 5.74) is 0.476. The number of benzene rings is 1. The summed E-state index contributed by atoms with van der Waals surface area (Å²) in [5, 5.41) is 21.2. The third kappa shape index (κ3) is 5.41. The van der Waals surface area contributed by atoms with Gasteiger partial charge in [-0.15, -0.1) is 0 Å². The maximum absolute atomic E-state index is 12.0. The Kier molecular flexibility index (Phi) is 6.64. The van der Waals surface area contributed by atoms with Crippen LogP contribution in [0, 0.1) is 0 Å². The molecule has 0 radical (unpaired) electrons. The monoisotopic (exact) mass is 296 g/mol. The Morgan fingerprint density at radius 3 is 2.48 bits per heavy atom. The van der Waals surface area contributed by atoms with Crippen LogP contribution in [-0.4, -0.2) is 60.5 Å². The van der Waals surface area contributed by atoms with Gasteiger partial charge in [-0.05, 0) is 5.56 Å². The minimum atomic E-state index is -1.15. The number of likely N-dealkylation sites (N-methyl/N-ethyl adjacent to an activating group) is 1. The molecule has 0 fully saturated rings. The molecule has 116 valence electrons. The second kappa shape index (κ2) is 8.23. The number of carboxylic acid groups (broad SMARTS) is 1. The standard InChI is InChI=1S/C14H20N2O5/c1-16(8-11(17)9-21-2)14(20)15-12(13(18)19)10-6-4-3-5-7-10/h3-7,11-12,17H,8-9H2,1-2H3,(H,15,20)(H,18,19)/t11?,12-/m0/s1. The highest BCUT2D eigenvalue weighted by atomic mass is 16.5. The summed E-state index contributed by atoms with van der Waals surface area (Å²) in [4.78, 5) is 24.5. The van der Waals surface area contributed by atoms with Gasteiger partial charge < -0.3 is 25.2 Å². The van der Waals surface area contributed by atoms with Gasteiger partial charge in [-0.3, -0.25) is 0 Å². The van der Waals surface area contributed by atoms with Gasteiger partial charge >= 0.3 is 12.0 Å². The van der Waals surface area contributed by atoms with Crippen molar-refractivity contribution in [2.75, 3.05) is 27.3 Å². The molecule has 0 aliphatic carbocycles. The molecule has 0 spiro atoms. The van der Waals surface area contributed by atoms with Crippen molar-refractivity contribution in [1.29, 1.82) is 0 Å². The van der Waals surface area contributed by atoms with Gasteiger partial charge in [-0.25, -0.2) is 9.59 Å². The molecule has 7 nitrogen and oxygen atoms in total. The highest BCUT2D eigenvalue weighted by Gasteiger charge is 2.24. The van der Waals surface area contributed by atoms with Crippen molar-refractivity contribution < 1.29 is 24.5 Å². The minimum Gasteiger partial charge on any atom is -0.479 e. The highest BCUT2D eigenvalue weighted by molar-refractivity contribution is 5.83. The number of urea groups is 1. The van der Waals surface area contributed by atoms with Gasteiger partial charge in [0.05, 0.1) is 19.3 Å². The molecule has 2 atom stereocenters. The quantitative estimate of drug-likeness (QED) is 0.679. The second-order valence-corrected chi connectivity index (χ2v) is 4.62. The van der Waals surface area contributed by atoms with E-state index >= 15 is 0 Å². The highest BCUT2D eigenvalue weighted by Crippen LogP contribution is 2.13. The van der Waals surface area contributed by atoms with E-state index in [1.54, 1.807) is 30.3 Å². The topological polar surface area (TPSA) is 99.1 Å². The fourth-order valence-corrected chi connectivity index (χ4v) is 1.81. The first-order valence-corrected chi connectivity index (χ1v) is 6.42. The van der Waals surface area contributed by atoms with E-state index in [1.807, 2.05) is 0 Å². The molecule has 1 rings (SSSR count). The Morgan fingerprint density at radius 2 is 1.95 bits per heavy atom. The number of aliphatic carboxylic acids is 1. The number of nitrogens with zero attached hydrogens (tertiary/aromatic N) is 1. The third-order valence-electron chi connectivity index (χ3n) is 2.84. The first kappa shape index (κ1) is 16.9. The van der Waals surface area contributed by atoms with Crippen molar-refractivity contribution in [2.24, 2.45) is 0 Å². The third-order valence-corrected chi connectivity index (χ3v) is 2.84. The molecule has 1 aromatic rings. The average molecular weight is 296 g/mol. The maximum atomic E-state index is 12.0. The molecule has 0 bridgehead atoms. The maximum Gasteiger partial charge on any atom is 0.330 e. The lowest BCUT2D eigenvalue weighted by Gasteiger charge is -2.23. The zero-order valence-corrected chi connectivity index (χ0v) is 12.0. The van der Waals surface area contributed by atoms with Gasteiger partial charge in [-0.1, -0.05) is 30.3 Å². The molecular weight excluding hydrogens is 276 g/mol. The van der Waals surface area contributed by atoms with E-state index in [-0.39, 0.29) is 13.2 Å². The van der Waals surface area contributed by atoms with Crippen LogP contribution in [0.2, 0.25) is 0 Å². The van der Waals surface area contributed by atoms with E-state index < -0.39 is 24.1 Å². The van der Waals surface area contributed by atoms with Gasteiger partial charge in [-0.2, -0.15) is 0 Å². The average Bonchev–Trinajstić information content (AvgIpc) is 2.45. The number of carboxylic acids is 1. The fraction of sp³-hybridized carbons (Fsp3) is 0.429. The second-order valence-electron chi connectivity index (χ2n) is 4.62. The van der Waals surface area contributed by atoms with E-state index in [2.05, 4.69) is 5.32 Å². The molecule has 0 saturated carbocycles. The molecule has 1 unspecified atom stereocenters. The number of aliphatic hydroxyl groups excluding tert-OH is 1. The van der Waals surface area contributed by atoms with Crippen LogP contribution in [0.4, 0.5) is 4.79 Å². The number of aliphatic hydroxyl groups is 1. The van der Waals surface area contributed by atoms with Crippen LogP contribution in [0.3, 0.4) is 0 Å². The summed E-state index contributed by atoms with van der Waals surface area (Å²) < 4.78 is 4.77. The zero-order valence-electron chi connectivity index (χ0n) is 12.0. The van der Waals surface area contributed by atoms with Crippen molar-refractivity contribution in [3.05, 3.63) is 35.9 Å². The van der Waals surface area contributed by atoms with Crippen LogP contribution in [0.5, 0.6) is 0 Å². The predicted octanol–water partition coefficient (Wildman–Crippen LogP) is 0.461. The molecule has 0 aliphatic rings.